The summed E-state index contributed by atoms with van der Waals surface area (Å²) in [6.45, 7) is 0. The second-order valence-corrected chi connectivity index (χ2v) is 6.87. The number of aliphatic hydroxyl groups is 1. The number of methoxy groups -OCH3 is 1. The molecule has 1 amide bonds. The predicted octanol–water partition coefficient (Wildman–Crippen LogP) is -18.9. The summed E-state index contributed by atoms with van der Waals surface area (Å²) in [7, 11) is 1.20. The van der Waals surface area contributed by atoms with E-state index >= 15 is 0 Å². The van der Waals surface area contributed by atoms with Crippen molar-refractivity contribution in [3.05, 3.63) is 35.9 Å². The van der Waals surface area contributed by atoms with E-state index in [2.05, 4.69) is 10.1 Å². The second kappa shape index (κ2) is 24.7. The van der Waals surface area contributed by atoms with Crippen molar-refractivity contribution in [3.8, 4) is 0 Å². The number of nitrogens with two attached hydrogens (primary N) is 1. The van der Waals surface area contributed by atoms with Crippen molar-refractivity contribution < 1.29 is 177 Å². The molecule has 0 aromatic heterocycles. The van der Waals surface area contributed by atoms with E-state index in [9.17, 15) is 49.2 Å². The summed E-state index contributed by atoms with van der Waals surface area (Å²) in [4.78, 5) is 63.9. The Labute approximate surface area is 306 Å². The van der Waals surface area contributed by atoms with Crippen LogP contribution in [0.3, 0.4) is 0 Å². The molecule has 14 nitrogen and oxygen atoms in total. The maximum Gasteiger partial charge on any atom is 1.00 e. The van der Waals surface area contributed by atoms with Gasteiger partial charge in [0.1, 0.15) is 11.6 Å². The minimum absolute atomic E-state index is 0. The Hall–Kier alpha value is -0.0400. The van der Waals surface area contributed by atoms with Crippen molar-refractivity contribution in [2.45, 2.75) is 43.4 Å². The van der Waals surface area contributed by atoms with Crippen molar-refractivity contribution in [1.82, 2.24) is 5.32 Å². The zero-order valence-corrected chi connectivity index (χ0v) is 29.9. The molecule has 0 radical (unpaired) electrons. The van der Waals surface area contributed by atoms with Crippen molar-refractivity contribution in [2.75, 3.05) is 7.11 Å². The number of nitrogens with one attached hydrogen (secondary N) is 1. The van der Waals surface area contributed by atoms with Crippen LogP contribution >= 0.6 is 0 Å². The van der Waals surface area contributed by atoms with Gasteiger partial charge >= 0.3 is 124 Å². The van der Waals surface area contributed by atoms with Gasteiger partial charge in [-0.3, -0.25) is 4.79 Å². The summed E-state index contributed by atoms with van der Waals surface area (Å²) < 4.78 is 4.62. The topological polar surface area (TPSA) is 262 Å². The third-order valence-electron chi connectivity index (χ3n) is 4.06. The van der Waals surface area contributed by atoms with Crippen LogP contribution in [-0.4, -0.2) is 65.7 Å². The minimum Gasteiger partial charge on any atom is -0.550 e. The molecule has 38 heavy (non-hydrogen) atoms. The molecule has 18 heteroatoms. The molecule has 2 unspecified atom stereocenters. The SMILES string of the molecule is COC(=O)C(Cc1ccccc1)NC(=O)C(N)CC(=O)[O-].O=C([O-])CC(O)(CC(=O)[O-])C(=O)[O-].[Na+].[Na+].[Na+].[Na+]. The molecule has 0 bridgehead atoms. The maximum atomic E-state index is 11.8. The van der Waals surface area contributed by atoms with E-state index in [-0.39, 0.29) is 125 Å². The predicted molar refractivity (Wildman–Crippen MR) is 101 cm³/mol. The monoisotopic (exact) mass is 574 g/mol. The van der Waals surface area contributed by atoms with Gasteiger partial charge in [-0.2, -0.15) is 0 Å². The number of carboxylic acid groups (broad SMARTS) is 4. The Kier molecular flexibility index (Phi) is 31.1. The molecule has 0 saturated carbocycles. The Morgan fingerprint density at radius 2 is 1.34 bits per heavy atom. The number of carbonyl (C=O) groups excluding carboxylic acids is 6. The minimum atomic E-state index is -2.97. The number of rotatable bonds is 12. The third kappa shape index (κ3) is 20.8. The molecule has 0 spiro atoms. The standard InChI is InChI=1S/C14H18N2O5.C6H8O7.4Na/c1-21-14(20)11(7-9-5-3-2-4-6-9)16-13(19)10(15)8-12(17)18;7-3(8)1-6(13,5(11)12)2-4(9)10;;;;/h2-6,10-11H,7-8,15H2,1H3,(H,16,19)(H,17,18);13H,1-2H2,(H,7,8)(H,9,10)(H,11,12);;;;/q;;4*+1/p-4. The molecular formula is C20H22N2Na4O12. The Morgan fingerprint density at radius 1 is 0.895 bits per heavy atom. The van der Waals surface area contributed by atoms with Crippen LogP contribution in [0.2, 0.25) is 0 Å². The first kappa shape index (κ1) is 47.7. The summed E-state index contributed by atoms with van der Waals surface area (Å²) >= 11 is 0. The van der Waals surface area contributed by atoms with Crippen LogP contribution in [-0.2, 0) is 39.9 Å². The molecule has 0 aliphatic carbocycles. The third-order valence-corrected chi connectivity index (χ3v) is 4.06. The van der Waals surface area contributed by atoms with Gasteiger partial charge < -0.3 is 60.5 Å². The van der Waals surface area contributed by atoms with Gasteiger partial charge in [0.25, 0.3) is 0 Å². The van der Waals surface area contributed by atoms with Crippen LogP contribution in [0.5, 0.6) is 0 Å². The first-order valence-corrected chi connectivity index (χ1v) is 9.43. The quantitative estimate of drug-likeness (QED) is 0.155. The van der Waals surface area contributed by atoms with E-state index in [1.807, 2.05) is 6.07 Å². The number of hydrogen-bond donors (Lipinski definition) is 3. The van der Waals surface area contributed by atoms with Crippen LogP contribution in [0.25, 0.3) is 0 Å². The molecule has 0 aliphatic heterocycles. The Bertz CT molecular complexity index is 889. The number of esters is 1. The van der Waals surface area contributed by atoms with Gasteiger partial charge in [-0.05, 0) is 5.56 Å². The van der Waals surface area contributed by atoms with E-state index in [1.165, 1.54) is 7.11 Å². The van der Waals surface area contributed by atoms with Gasteiger partial charge in [-0.25, -0.2) is 4.79 Å². The number of carbonyl (C=O) groups is 6. The molecule has 0 heterocycles. The first-order chi connectivity index (χ1) is 15.7. The van der Waals surface area contributed by atoms with Gasteiger partial charge in [0, 0.05) is 43.6 Å². The van der Waals surface area contributed by atoms with E-state index in [1.54, 1.807) is 24.3 Å². The molecule has 0 saturated heterocycles. The first-order valence-electron chi connectivity index (χ1n) is 9.43. The summed E-state index contributed by atoms with van der Waals surface area (Å²) in [5.74, 6) is -8.80. The Balaban J connectivity index is -0.000000189. The zero-order valence-electron chi connectivity index (χ0n) is 21.9. The van der Waals surface area contributed by atoms with Crippen molar-refractivity contribution >= 4 is 35.8 Å². The van der Waals surface area contributed by atoms with Crippen LogP contribution in [0, 0.1) is 0 Å². The van der Waals surface area contributed by atoms with Crippen LogP contribution in [0.4, 0.5) is 0 Å². The molecule has 1 aromatic carbocycles. The van der Waals surface area contributed by atoms with Gasteiger partial charge in [0.2, 0.25) is 5.91 Å². The van der Waals surface area contributed by atoms with Gasteiger partial charge in [-0.15, -0.1) is 0 Å². The summed E-state index contributed by atoms with van der Waals surface area (Å²) in [5.41, 5.74) is 3.26. The van der Waals surface area contributed by atoms with E-state index in [0.29, 0.717) is 0 Å². The fourth-order valence-electron chi connectivity index (χ4n) is 2.42. The fraction of sp³-hybridized carbons (Fsp3) is 0.400. The average molecular weight is 574 g/mol. The van der Waals surface area contributed by atoms with E-state index in [4.69, 9.17) is 10.8 Å². The van der Waals surface area contributed by atoms with Crippen molar-refractivity contribution in [3.63, 3.8) is 0 Å². The smallest absolute Gasteiger partial charge is 0.550 e. The molecule has 1 aromatic rings. The number of benzene rings is 1. The van der Waals surface area contributed by atoms with Crippen LogP contribution in [0.15, 0.2) is 30.3 Å². The van der Waals surface area contributed by atoms with E-state index in [0.717, 1.165) is 5.56 Å². The average Bonchev–Trinajstić information content (AvgIpc) is 2.72. The van der Waals surface area contributed by atoms with Gasteiger partial charge in [-0.1, -0.05) is 30.3 Å². The van der Waals surface area contributed by atoms with E-state index < -0.39 is 72.7 Å². The van der Waals surface area contributed by atoms with Crippen molar-refractivity contribution in [1.29, 1.82) is 0 Å². The Morgan fingerprint density at radius 3 is 1.68 bits per heavy atom. The molecule has 1 rings (SSSR count). The molecular weight excluding hydrogens is 552 g/mol. The van der Waals surface area contributed by atoms with Crippen LogP contribution < -0.4 is 150 Å². The second-order valence-electron chi connectivity index (χ2n) is 6.87. The number of aliphatic carboxylic acids is 4. The van der Waals surface area contributed by atoms with Crippen LogP contribution in [0.1, 0.15) is 24.8 Å². The summed E-state index contributed by atoms with van der Waals surface area (Å²) in [6, 6.07) is 6.80. The number of carboxylic acids is 4. The normalized spacial score (nSPS) is 10.9. The molecule has 4 N–H and O–H groups in total. The maximum absolute atomic E-state index is 11.8. The fourth-order valence-corrected chi connectivity index (χ4v) is 2.42. The van der Waals surface area contributed by atoms with Crippen molar-refractivity contribution in [2.24, 2.45) is 5.73 Å². The largest absolute Gasteiger partial charge is 1.00 e. The molecule has 0 fully saturated rings. The number of hydrogen-bond acceptors (Lipinski definition) is 13. The van der Waals surface area contributed by atoms with Gasteiger partial charge in [0.05, 0.1) is 19.1 Å². The summed E-state index contributed by atoms with van der Waals surface area (Å²) in [6.07, 6.45) is -3.12. The molecule has 188 valence electrons. The van der Waals surface area contributed by atoms with Gasteiger partial charge in [0.15, 0.2) is 0 Å². The summed E-state index contributed by atoms with van der Waals surface area (Å²) in [5, 5.41) is 51.7. The zero-order chi connectivity index (χ0) is 26.5. The molecule has 0 aliphatic rings. The molecule has 2 atom stereocenters. The number of ether oxygens (including phenoxy) is 1. The number of amides is 1.